The molecule has 0 spiro atoms. The third-order valence-corrected chi connectivity index (χ3v) is 3.96. The molecule has 1 heterocycles. The van der Waals surface area contributed by atoms with E-state index in [4.69, 9.17) is 14.2 Å². The topological polar surface area (TPSA) is 68.8 Å². The van der Waals surface area contributed by atoms with Crippen molar-refractivity contribution in [2.45, 2.75) is 39.5 Å². The number of nitrogens with one attached hydrogen (secondary N) is 2. The van der Waals surface area contributed by atoms with Gasteiger partial charge in [-0.05, 0) is 32.4 Å². The van der Waals surface area contributed by atoms with Crippen LogP contribution in [0.4, 0.5) is 0 Å². The van der Waals surface area contributed by atoms with Crippen LogP contribution in [0.15, 0.2) is 18.2 Å². The monoisotopic (exact) mass is 372 g/mol. The highest BCUT2D eigenvalue weighted by molar-refractivity contribution is 5.85. The van der Waals surface area contributed by atoms with Gasteiger partial charge in [0.15, 0.2) is 0 Å². The van der Waals surface area contributed by atoms with Crippen LogP contribution in [0.5, 0.6) is 5.75 Å². The highest BCUT2D eigenvalue weighted by Gasteiger charge is 2.28. The van der Waals surface area contributed by atoms with Crippen LogP contribution in [0.25, 0.3) is 0 Å². The second-order valence-corrected chi connectivity index (χ2v) is 5.88. The summed E-state index contributed by atoms with van der Waals surface area (Å²) >= 11 is 0. The van der Waals surface area contributed by atoms with Crippen molar-refractivity contribution >= 4 is 18.3 Å². The lowest BCUT2D eigenvalue weighted by Gasteiger charge is -2.29. The molecule has 0 aromatic heterocycles. The summed E-state index contributed by atoms with van der Waals surface area (Å²) in [5.74, 6) is 0.735. The van der Waals surface area contributed by atoms with Crippen LogP contribution in [-0.2, 0) is 20.8 Å². The Morgan fingerprint density at radius 1 is 1.40 bits per heavy atom. The molecule has 1 aromatic carbocycles. The standard InChI is InChI=1S/C18H28N2O4.ClH/c1-4-22-9-10-24-16-11-13(2)5-6-15(16)12-20-18(21)17-14(3)23-8-7-19-17;/h5-6,11,14,17,19H,4,7-10,12H2,1-3H3,(H,20,21);1H/t14-,17+;/m1./s1. The van der Waals surface area contributed by atoms with Gasteiger partial charge in [-0.15, -0.1) is 12.4 Å². The number of ether oxygens (including phenoxy) is 3. The van der Waals surface area contributed by atoms with E-state index in [9.17, 15) is 4.79 Å². The lowest BCUT2D eigenvalue weighted by Crippen LogP contribution is -2.55. The van der Waals surface area contributed by atoms with Gasteiger partial charge in [0.05, 0.1) is 19.3 Å². The zero-order valence-corrected chi connectivity index (χ0v) is 16.0. The summed E-state index contributed by atoms with van der Waals surface area (Å²) in [7, 11) is 0. The van der Waals surface area contributed by atoms with Crippen molar-refractivity contribution in [3.63, 3.8) is 0 Å². The molecule has 2 atom stereocenters. The fraction of sp³-hybridized carbons (Fsp3) is 0.611. The Morgan fingerprint density at radius 2 is 2.20 bits per heavy atom. The van der Waals surface area contributed by atoms with Gasteiger partial charge >= 0.3 is 0 Å². The highest BCUT2D eigenvalue weighted by Crippen LogP contribution is 2.20. The van der Waals surface area contributed by atoms with E-state index in [1.165, 1.54) is 0 Å². The van der Waals surface area contributed by atoms with Gasteiger partial charge in [-0.25, -0.2) is 0 Å². The molecule has 2 N–H and O–H groups in total. The minimum Gasteiger partial charge on any atom is -0.491 e. The van der Waals surface area contributed by atoms with Gasteiger partial charge in [0.2, 0.25) is 5.91 Å². The van der Waals surface area contributed by atoms with Crippen molar-refractivity contribution in [2.75, 3.05) is 33.0 Å². The summed E-state index contributed by atoms with van der Waals surface area (Å²) < 4.78 is 16.6. The minimum atomic E-state index is -0.313. The van der Waals surface area contributed by atoms with Gasteiger partial charge in [-0.1, -0.05) is 12.1 Å². The zero-order chi connectivity index (χ0) is 17.4. The molecule has 0 saturated carbocycles. The van der Waals surface area contributed by atoms with E-state index in [1.807, 2.05) is 39.0 Å². The fourth-order valence-electron chi connectivity index (χ4n) is 2.62. The average Bonchev–Trinajstić information content (AvgIpc) is 2.58. The van der Waals surface area contributed by atoms with Crippen LogP contribution in [0.2, 0.25) is 0 Å². The molecule has 0 aliphatic carbocycles. The Bertz CT molecular complexity index is 542. The number of morpholine rings is 1. The predicted molar refractivity (Wildman–Crippen MR) is 99.5 cm³/mol. The van der Waals surface area contributed by atoms with Gasteiger partial charge in [-0.3, -0.25) is 4.79 Å². The van der Waals surface area contributed by atoms with E-state index in [-0.39, 0.29) is 30.5 Å². The van der Waals surface area contributed by atoms with E-state index < -0.39 is 0 Å². The smallest absolute Gasteiger partial charge is 0.240 e. The maximum absolute atomic E-state index is 12.3. The third-order valence-electron chi connectivity index (χ3n) is 3.96. The lowest BCUT2D eigenvalue weighted by molar-refractivity contribution is -0.129. The van der Waals surface area contributed by atoms with E-state index >= 15 is 0 Å². The first-order valence-corrected chi connectivity index (χ1v) is 8.54. The van der Waals surface area contributed by atoms with Gasteiger partial charge in [-0.2, -0.15) is 0 Å². The Kier molecular flexibility index (Phi) is 9.82. The van der Waals surface area contributed by atoms with Crippen LogP contribution >= 0.6 is 12.4 Å². The number of carbonyl (C=O) groups excluding carboxylic acids is 1. The van der Waals surface area contributed by atoms with Gasteiger partial charge in [0.1, 0.15) is 18.4 Å². The molecule has 0 radical (unpaired) electrons. The Labute approximate surface area is 156 Å². The number of carbonyl (C=O) groups is 1. The number of aryl methyl sites for hydroxylation is 1. The molecule has 7 heteroatoms. The third kappa shape index (κ3) is 6.82. The molecule has 1 aliphatic rings. The van der Waals surface area contributed by atoms with Crippen LogP contribution < -0.4 is 15.4 Å². The van der Waals surface area contributed by atoms with Gasteiger partial charge in [0, 0.05) is 25.3 Å². The SMILES string of the molecule is CCOCCOc1cc(C)ccc1CNC(=O)[C@H]1NCCO[C@@H]1C.Cl. The van der Waals surface area contributed by atoms with E-state index in [0.29, 0.717) is 39.5 Å². The van der Waals surface area contributed by atoms with Crippen LogP contribution in [0.1, 0.15) is 25.0 Å². The number of halogens is 1. The second-order valence-electron chi connectivity index (χ2n) is 5.88. The summed E-state index contributed by atoms with van der Waals surface area (Å²) in [6.45, 7) is 9.36. The van der Waals surface area contributed by atoms with Crippen LogP contribution in [0.3, 0.4) is 0 Å². The maximum Gasteiger partial charge on any atom is 0.240 e. The van der Waals surface area contributed by atoms with E-state index in [0.717, 1.165) is 16.9 Å². The molecule has 6 nitrogen and oxygen atoms in total. The number of hydrogen-bond acceptors (Lipinski definition) is 5. The fourth-order valence-corrected chi connectivity index (χ4v) is 2.62. The highest BCUT2D eigenvalue weighted by atomic mass is 35.5. The lowest BCUT2D eigenvalue weighted by atomic mass is 10.1. The molecule has 1 aromatic rings. The Hall–Kier alpha value is -1.34. The molecule has 1 aliphatic heterocycles. The van der Waals surface area contributed by atoms with Crippen molar-refractivity contribution in [3.8, 4) is 5.75 Å². The number of benzene rings is 1. The average molecular weight is 373 g/mol. The largest absolute Gasteiger partial charge is 0.491 e. The number of hydrogen-bond donors (Lipinski definition) is 2. The summed E-state index contributed by atoms with van der Waals surface area (Å²) in [4.78, 5) is 12.3. The van der Waals surface area contributed by atoms with Crippen molar-refractivity contribution in [3.05, 3.63) is 29.3 Å². The van der Waals surface area contributed by atoms with Crippen molar-refractivity contribution in [2.24, 2.45) is 0 Å². The molecule has 0 bridgehead atoms. The number of rotatable bonds is 8. The molecule has 0 unspecified atom stereocenters. The predicted octanol–water partition coefficient (Wildman–Crippen LogP) is 1.83. The summed E-state index contributed by atoms with van der Waals surface area (Å²) in [6.07, 6.45) is -0.126. The Morgan fingerprint density at radius 3 is 2.92 bits per heavy atom. The van der Waals surface area contributed by atoms with E-state index in [1.54, 1.807) is 0 Å². The second kappa shape index (κ2) is 11.3. The molecule has 25 heavy (non-hydrogen) atoms. The van der Waals surface area contributed by atoms with Crippen LogP contribution in [0, 0.1) is 6.92 Å². The van der Waals surface area contributed by atoms with Crippen molar-refractivity contribution in [1.29, 1.82) is 0 Å². The molecular formula is C18H29ClN2O4. The normalized spacial score (nSPS) is 19.8. The van der Waals surface area contributed by atoms with Gasteiger partial charge < -0.3 is 24.8 Å². The molecule has 1 amide bonds. The first-order valence-electron chi connectivity index (χ1n) is 8.54. The van der Waals surface area contributed by atoms with Crippen molar-refractivity contribution in [1.82, 2.24) is 10.6 Å². The number of amides is 1. The van der Waals surface area contributed by atoms with Gasteiger partial charge in [0.25, 0.3) is 0 Å². The molecule has 1 saturated heterocycles. The molecule has 1 fully saturated rings. The molecule has 142 valence electrons. The summed E-state index contributed by atoms with van der Waals surface area (Å²) in [5.41, 5.74) is 2.07. The van der Waals surface area contributed by atoms with E-state index in [2.05, 4.69) is 10.6 Å². The van der Waals surface area contributed by atoms with Crippen LogP contribution in [-0.4, -0.2) is 51.0 Å². The maximum atomic E-state index is 12.3. The first kappa shape index (κ1) is 21.7. The molecular weight excluding hydrogens is 344 g/mol. The zero-order valence-electron chi connectivity index (χ0n) is 15.2. The quantitative estimate of drug-likeness (QED) is 0.681. The summed E-state index contributed by atoms with van der Waals surface area (Å²) in [5, 5.41) is 6.16. The summed E-state index contributed by atoms with van der Waals surface area (Å²) in [6, 6.07) is 5.67. The first-order chi connectivity index (χ1) is 11.6. The minimum absolute atomic E-state index is 0. The molecule has 2 rings (SSSR count). The van der Waals surface area contributed by atoms with Crippen molar-refractivity contribution < 1.29 is 19.0 Å². The Balaban J connectivity index is 0.00000312.